The van der Waals surface area contributed by atoms with Crippen molar-refractivity contribution in [1.29, 1.82) is 0 Å². The van der Waals surface area contributed by atoms with Crippen molar-refractivity contribution in [2.24, 2.45) is 0 Å². The summed E-state index contributed by atoms with van der Waals surface area (Å²) in [6, 6.07) is 25.4. The lowest BCUT2D eigenvalue weighted by atomic mass is 10.0. The molecule has 5 rings (SSSR count). The average molecular weight is 578 g/mol. The van der Waals surface area contributed by atoms with Gasteiger partial charge in [-0.05, 0) is 97.9 Å². The van der Waals surface area contributed by atoms with Gasteiger partial charge in [-0.15, -0.1) is 0 Å². The Hall–Kier alpha value is -5.77. The van der Waals surface area contributed by atoms with E-state index in [1.807, 2.05) is 48.5 Å². The van der Waals surface area contributed by atoms with E-state index in [-0.39, 0.29) is 11.1 Å². The molecule has 0 aliphatic rings. The zero-order chi connectivity index (χ0) is 30.5. The number of esters is 1. The van der Waals surface area contributed by atoms with Crippen LogP contribution in [0.3, 0.4) is 0 Å². The Morgan fingerprint density at radius 3 is 1.72 bits per heavy atom. The first-order chi connectivity index (χ1) is 20.7. The second-order valence-electron chi connectivity index (χ2n) is 9.50. The highest BCUT2D eigenvalue weighted by molar-refractivity contribution is 5.99. The molecule has 0 saturated heterocycles. The number of aromatic carboxylic acids is 1. The van der Waals surface area contributed by atoms with Gasteiger partial charge >= 0.3 is 11.9 Å². The van der Waals surface area contributed by atoms with Gasteiger partial charge < -0.3 is 24.6 Å². The van der Waals surface area contributed by atoms with Crippen LogP contribution in [0, 0.1) is 0 Å². The molecule has 0 radical (unpaired) electrons. The summed E-state index contributed by atoms with van der Waals surface area (Å²) >= 11 is 0. The molecule has 4 aromatic carbocycles. The highest BCUT2D eigenvalue weighted by Gasteiger charge is 2.21. The number of fused-ring (bicyclic) bond motifs is 1. The number of rotatable bonds is 9. The molecule has 1 aromatic heterocycles. The standard InChI is InChI=1S/C33H27N3O7/c1-19(31(37)34-24-11-4-22(5-12-24)32(38)39)43-33(40)23-10-17-27-28(18-23)36-30(21-8-15-26(42-3)16-9-21)29(35-27)20-6-13-25(41-2)14-7-20/h4-19H,1-3H3,(H,34,37)(H,38,39). The maximum Gasteiger partial charge on any atom is 0.338 e. The lowest BCUT2D eigenvalue weighted by Crippen LogP contribution is -2.30. The van der Waals surface area contributed by atoms with Gasteiger partial charge in [0.2, 0.25) is 0 Å². The number of carboxylic acid groups (broad SMARTS) is 1. The van der Waals surface area contributed by atoms with Crippen molar-refractivity contribution in [1.82, 2.24) is 9.97 Å². The summed E-state index contributed by atoms with van der Waals surface area (Å²) in [6.07, 6.45) is -1.12. The number of ether oxygens (including phenoxy) is 3. The Kier molecular flexibility index (Phi) is 8.29. The van der Waals surface area contributed by atoms with Crippen molar-refractivity contribution < 1.29 is 33.7 Å². The Balaban J connectivity index is 1.42. The van der Waals surface area contributed by atoms with Crippen LogP contribution in [-0.4, -0.2) is 53.2 Å². The van der Waals surface area contributed by atoms with E-state index in [2.05, 4.69) is 5.32 Å². The van der Waals surface area contributed by atoms with Gasteiger partial charge in [-0.25, -0.2) is 19.6 Å². The van der Waals surface area contributed by atoms with Crippen LogP contribution in [0.25, 0.3) is 33.5 Å². The van der Waals surface area contributed by atoms with E-state index in [1.165, 1.54) is 31.2 Å². The number of carboxylic acids is 1. The molecule has 216 valence electrons. The molecule has 1 heterocycles. The van der Waals surface area contributed by atoms with Crippen molar-refractivity contribution in [2.75, 3.05) is 19.5 Å². The van der Waals surface area contributed by atoms with Gasteiger partial charge in [-0.1, -0.05) is 0 Å². The van der Waals surface area contributed by atoms with Crippen LogP contribution in [0.15, 0.2) is 91.0 Å². The van der Waals surface area contributed by atoms with Gasteiger partial charge in [-0.2, -0.15) is 0 Å². The minimum absolute atomic E-state index is 0.0862. The highest BCUT2D eigenvalue weighted by Crippen LogP contribution is 2.33. The summed E-state index contributed by atoms with van der Waals surface area (Å²) in [5.41, 5.74) is 4.58. The van der Waals surface area contributed by atoms with Crippen LogP contribution in [0.2, 0.25) is 0 Å². The molecule has 43 heavy (non-hydrogen) atoms. The van der Waals surface area contributed by atoms with Gasteiger partial charge in [0.15, 0.2) is 6.10 Å². The summed E-state index contributed by atoms with van der Waals surface area (Å²) < 4.78 is 16.0. The Labute approximate surface area is 246 Å². The van der Waals surface area contributed by atoms with E-state index >= 15 is 0 Å². The van der Waals surface area contributed by atoms with Gasteiger partial charge in [-0.3, -0.25) is 4.79 Å². The molecule has 1 atom stereocenters. The summed E-state index contributed by atoms with van der Waals surface area (Å²) in [5.74, 6) is -0.941. The minimum atomic E-state index is -1.12. The lowest BCUT2D eigenvalue weighted by Gasteiger charge is -2.14. The van der Waals surface area contributed by atoms with Crippen LogP contribution in [-0.2, 0) is 9.53 Å². The van der Waals surface area contributed by atoms with Crippen LogP contribution < -0.4 is 14.8 Å². The lowest BCUT2D eigenvalue weighted by molar-refractivity contribution is -0.123. The number of nitrogens with zero attached hydrogens (tertiary/aromatic N) is 2. The molecule has 1 unspecified atom stereocenters. The summed E-state index contributed by atoms with van der Waals surface area (Å²) in [7, 11) is 3.20. The van der Waals surface area contributed by atoms with E-state index in [1.54, 1.807) is 32.4 Å². The molecule has 0 saturated carbocycles. The molecule has 2 N–H and O–H groups in total. The maximum absolute atomic E-state index is 13.0. The predicted molar refractivity (Wildman–Crippen MR) is 160 cm³/mol. The Morgan fingerprint density at radius 1 is 0.698 bits per heavy atom. The van der Waals surface area contributed by atoms with Gasteiger partial charge in [0, 0.05) is 16.8 Å². The van der Waals surface area contributed by atoms with E-state index in [9.17, 15) is 14.4 Å². The zero-order valence-electron chi connectivity index (χ0n) is 23.5. The molecule has 0 bridgehead atoms. The monoisotopic (exact) mass is 577 g/mol. The van der Waals surface area contributed by atoms with Gasteiger partial charge in [0.05, 0.1) is 47.8 Å². The minimum Gasteiger partial charge on any atom is -0.497 e. The number of carbonyl (C=O) groups excluding carboxylic acids is 2. The van der Waals surface area contributed by atoms with E-state index in [0.29, 0.717) is 39.6 Å². The summed E-state index contributed by atoms with van der Waals surface area (Å²) in [5, 5.41) is 11.6. The smallest absolute Gasteiger partial charge is 0.338 e. The first-order valence-corrected chi connectivity index (χ1v) is 13.2. The van der Waals surface area contributed by atoms with Crippen LogP contribution in [0.4, 0.5) is 5.69 Å². The summed E-state index contributed by atoms with van der Waals surface area (Å²) in [6.45, 7) is 1.45. The third-order valence-corrected chi connectivity index (χ3v) is 6.68. The van der Waals surface area contributed by atoms with Crippen molar-refractivity contribution in [3.05, 3.63) is 102 Å². The molecule has 0 fully saturated rings. The average Bonchev–Trinajstić information content (AvgIpc) is 3.04. The fourth-order valence-corrected chi connectivity index (χ4v) is 4.30. The highest BCUT2D eigenvalue weighted by atomic mass is 16.5. The molecule has 10 nitrogen and oxygen atoms in total. The van der Waals surface area contributed by atoms with Crippen LogP contribution >= 0.6 is 0 Å². The molecule has 1 amide bonds. The zero-order valence-corrected chi connectivity index (χ0v) is 23.5. The number of nitrogens with one attached hydrogen (secondary N) is 1. The van der Waals surface area contributed by atoms with Crippen molar-refractivity contribution in [3.8, 4) is 34.0 Å². The molecule has 0 spiro atoms. The number of benzene rings is 4. The molecule has 0 aliphatic heterocycles. The second-order valence-corrected chi connectivity index (χ2v) is 9.50. The van der Waals surface area contributed by atoms with E-state index in [0.717, 1.165) is 11.1 Å². The third kappa shape index (κ3) is 6.43. The van der Waals surface area contributed by atoms with E-state index < -0.39 is 23.9 Å². The quantitative estimate of drug-likeness (QED) is 0.206. The van der Waals surface area contributed by atoms with Crippen LogP contribution in [0.5, 0.6) is 11.5 Å². The van der Waals surface area contributed by atoms with Crippen LogP contribution in [0.1, 0.15) is 27.6 Å². The number of hydrogen-bond donors (Lipinski definition) is 2. The largest absolute Gasteiger partial charge is 0.497 e. The molecule has 10 heteroatoms. The predicted octanol–water partition coefficient (Wildman–Crippen LogP) is 5.86. The first-order valence-electron chi connectivity index (χ1n) is 13.2. The topological polar surface area (TPSA) is 137 Å². The third-order valence-electron chi connectivity index (χ3n) is 6.68. The molecule has 0 aliphatic carbocycles. The second kappa shape index (κ2) is 12.4. The van der Waals surface area contributed by atoms with E-state index in [4.69, 9.17) is 29.3 Å². The normalized spacial score (nSPS) is 11.4. The Bertz CT molecular complexity index is 1800. The first kappa shape index (κ1) is 28.7. The Morgan fingerprint density at radius 2 is 1.21 bits per heavy atom. The maximum atomic E-state index is 13.0. The van der Waals surface area contributed by atoms with Crippen molar-refractivity contribution in [2.45, 2.75) is 13.0 Å². The van der Waals surface area contributed by atoms with Gasteiger partial charge in [0.25, 0.3) is 5.91 Å². The number of amides is 1. The number of anilines is 1. The SMILES string of the molecule is COc1ccc(-c2nc3ccc(C(=O)OC(C)C(=O)Nc4ccc(C(=O)O)cc4)cc3nc2-c2ccc(OC)cc2)cc1. The molecular weight excluding hydrogens is 550 g/mol. The number of methoxy groups -OCH3 is 2. The van der Waals surface area contributed by atoms with Crippen molar-refractivity contribution in [3.63, 3.8) is 0 Å². The number of aromatic nitrogens is 2. The fraction of sp³-hybridized carbons (Fsp3) is 0.121. The summed E-state index contributed by atoms with van der Waals surface area (Å²) in [4.78, 5) is 46.4. The fourth-order valence-electron chi connectivity index (χ4n) is 4.30. The van der Waals surface area contributed by atoms with Crippen molar-refractivity contribution >= 4 is 34.6 Å². The molecular formula is C33H27N3O7. The number of hydrogen-bond acceptors (Lipinski definition) is 8. The number of carbonyl (C=O) groups is 3. The molecule has 5 aromatic rings. The van der Waals surface area contributed by atoms with Gasteiger partial charge in [0.1, 0.15) is 11.5 Å².